The summed E-state index contributed by atoms with van der Waals surface area (Å²) in [5, 5.41) is 12.5. The summed E-state index contributed by atoms with van der Waals surface area (Å²) >= 11 is 3.35. The van der Waals surface area contributed by atoms with Crippen molar-refractivity contribution < 1.29 is 5.11 Å². The molecule has 1 heterocycles. The molecule has 1 aromatic carbocycles. The van der Waals surface area contributed by atoms with Gasteiger partial charge in [0.25, 0.3) is 5.56 Å². The number of fused-ring (bicyclic) bond motifs is 1. The zero-order chi connectivity index (χ0) is 12.3. The molecule has 0 saturated carbocycles. The van der Waals surface area contributed by atoms with Crippen molar-refractivity contribution in [1.82, 2.24) is 4.57 Å². The topological polar surface area (TPSA) is 42.2 Å². The minimum Gasteiger partial charge on any atom is -0.494 e. The molecule has 4 heteroatoms. The fourth-order valence-corrected chi connectivity index (χ4v) is 2.26. The van der Waals surface area contributed by atoms with Gasteiger partial charge in [-0.05, 0) is 24.3 Å². The molecule has 3 nitrogen and oxygen atoms in total. The van der Waals surface area contributed by atoms with E-state index in [-0.39, 0.29) is 11.4 Å². The van der Waals surface area contributed by atoms with Gasteiger partial charge in [0.15, 0.2) is 0 Å². The zero-order valence-corrected chi connectivity index (χ0v) is 11.0. The summed E-state index contributed by atoms with van der Waals surface area (Å²) in [6, 6.07) is 8.94. The van der Waals surface area contributed by atoms with Crippen LogP contribution in [0.5, 0.6) is 5.88 Å². The normalized spacial score (nSPS) is 10.9. The molecule has 17 heavy (non-hydrogen) atoms. The van der Waals surface area contributed by atoms with Gasteiger partial charge in [-0.15, -0.1) is 0 Å². The third-order valence-corrected chi connectivity index (χ3v) is 3.33. The number of aromatic hydroxyl groups is 1. The van der Waals surface area contributed by atoms with Crippen LogP contribution in [0.4, 0.5) is 0 Å². The van der Waals surface area contributed by atoms with E-state index in [4.69, 9.17) is 0 Å². The molecule has 0 atom stereocenters. The Hall–Kier alpha value is -1.29. The molecule has 0 bridgehead atoms. The lowest BCUT2D eigenvalue weighted by atomic mass is 10.1. The maximum atomic E-state index is 11.8. The predicted octanol–water partition coefficient (Wildman–Crippen LogP) is 2.88. The first-order valence-electron chi connectivity index (χ1n) is 5.61. The second-order valence-corrected chi connectivity index (χ2v) is 4.73. The van der Waals surface area contributed by atoms with E-state index in [0.29, 0.717) is 6.54 Å². The van der Waals surface area contributed by atoms with Gasteiger partial charge in [0, 0.05) is 23.3 Å². The van der Waals surface area contributed by atoms with Crippen molar-refractivity contribution in [2.75, 3.05) is 5.33 Å². The molecule has 1 aromatic heterocycles. The number of hydrogen-bond acceptors (Lipinski definition) is 2. The van der Waals surface area contributed by atoms with Crippen LogP contribution in [0.25, 0.3) is 10.8 Å². The van der Waals surface area contributed by atoms with Crippen molar-refractivity contribution in [1.29, 1.82) is 0 Å². The number of nitrogens with zero attached hydrogens (tertiary/aromatic N) is 1. The molecular formula is C13H14BrNO2. The molecule has 0 aliphatic rings. The van der Waals surface area contributed by atoms with Crippen molar-refractivity contribution in [3.63, 3.8) is 0 Å². The summed E-state index contributed by atoms with van der Waals surface area (Å²) in [5.74, 6) is 0.0719. The van der Waals surface area contributed by atoms with Crippen LogP contribution in [-0.4, -0.2) is 15.0 Å². The summed E-state index contributed by atoms with van der Waals surface area (Å²) in [6.45, 7) is 0.557. The Morgan fingerprint density at radius 2 is 2.00 bits per heavy atom. The van der Waals surface area contributed by atoms with Crippen LogP contribution in [0.15, 0.2) is 35.1 Å². The first-order chi connectivity index (χ1) is 8.24. The first-order valence-corrected chi connectivity index (χ1v) is 6.73. The summed E-state index contributed by atoms with van der Waals surface area (Å²) in [4.78, 5) is 11.8. The maximum Gasteiger partial charge on any atom is 0.253 e. The van der Waals surface area contributed by atoms with E-state index in [1.54, 1.807) is 6.07 Å². The van der Waals surface area contributed by atoms with Crippen LogP contribution in [-0.2, 0) is 6.54 Å². The van der Waals surface area contributed by atoms with Crippen LogP contribution in [0.2, 0.25) is 0 Å². The van der Waals surface area contributed by atoms with E-state index in [2.05, 4.69) is 15.9 Å². The van der Waals surface area contributed by atoms with Gasteiger partial charge in [0.1, 0.15) is 0 Å². The number of rotatable bonds is 4. The standard InChI is InChI=1S/C13H14BrNO2/c14-7-3-4-8-15-12(16)9-10-5-1-2-6-11(10)13(15)17/h1-2,5-6,9,17H,3-4,7-8H2. The Balaban J connectivity index is 2.45. The fraction of sp³-hybridized carbons (Fsp3) is 0.308. The lowest BCUT2D eigenvalue weighted by Crippen LogP contribution is -2.19. The number of halogens is 1. The van der Waals surface area contributed by atoms with Crippen LogP contribution in [0.1, 0.15) is 12.8 Å². The van der Waals surface area contributed by atoms with Gasteiger partial charge in [0.05, 0.1) is 0 Å². The average molecular weight is 296 g/mol. The van der Waals surface area contributed by atoms with Gasteiger partial charge < -0.3 is 5.11 Å². The predicted molar refractivity (Wildman–Crippen MR) is 72.9 cm³/mol. The molecule has 0 fully saturated rings. The van der Waals surface area contributed by atoms with Crippen LogP contribution in [0, 0.1) is 0 Å². The average Bonchev–Trinajstić information content (AvgIpc) is 2.33. The molecule has 0 aliphatic carbocycles. The molecule has 0 unspecified atom stereocenters. The third-order valence-electron chi connectivity index (χ3n) is 2.77. The molecule has 2 aromatic rings. The van der Waals surface area contributed by atoms with E-state index in [9.17, 15) is 9.90 Å². The monoisotopic (exact) mass is 295 g/mol. The van der Waals surface area contributed by atoms with E-state index >= 15 is 0 Å². The van der Waals surface area contributed by atoms with Gasteiger partial charge in [0.2, 0.25) is 5.88 Å². The Morgan fingerprint density at radius 3 is 2.76 bits per heavy atom. The number of alkyl halides is 1. The molecule has 0 aliphatic heterocycles. The third kappa shape index (κ3) is 2.52. The lowest BCUT2D eigenvalue weighted by molar-refractivity contribution is 0.409. The highest BCUT2D eigenvalue weighted by Gasteiger charge is 2.07. The number of benzene rings is 1. The second kappa shape index (κ2) is 5.36. The Kier molecular flexibility index (Phi) is 3.84. The quantitative estimate of drug-likeness (QED) is 0.696. The molecule has 90 valence electrons. The molecule has 0 spiro atoms. The number of pyridine rings is 1. The minimum atomic E-state index is -0.143. The van der Waals surface area contributed by atoms with E-state index in [1.165, 1.54) is 4.57 Å². The van der Waals surface area contributed by atoms with Gasteiger partial charge in [-0.25, -0.2) is 0 Å². The van der Waals surface area contributed by atoms with Gasteiger partial charge in [-0.3, -0.25) is 9.36 Å². The van der Waals surface area contributed by atoms with Crippen LogP contribution >= 0.6 is 15.9 Å². The highest BCUT2D eigenvalue weighted by atomic mass is 79.9. The molecule has 1 N–H and O–H groups in total. The number of hydrogen-bond donors (Lipinski definition) is 1. The SMILES string of the molecule is O=c1cc2ccccc2c(O)n1CCCCBr. The molecule has 2 rings (SSSR count). The van der Waals surface area contributed by atoms with E-state index in [0.717, 1.165) is 28.9 Å². The van der Waals surface area contributed by atoms with Crippen molar-refractivity contribution >= 4 is 26.7 Å². The maximum absolute atomic E-state index is 11.8. The van der Waals surface area contributed by atoms with E-state index in [1.807, 2.05) is 24.3 Å². The summed E-state index contributed by atoms with van der Waals surface area (Å²) in [6.07, 6.45) is 1.86. The van der Waals surface area contributed by atoms with Crippen molar-refractivity contribution in [2.45, 2.75) is 19.4 Å². The minimum absolute atomic E-state index is 0.0719. The zero-order valence-electron chi connectivity index (χ0n) is 9.40. The van der Waals surface area contributed by atoms with Gasteiger partial charge >= 0.3 is 0 Å². The Labute approximate surface area is 108 Å². The van der Waals surface area contributed by atoms with Crippen molar-refractivity contribution in [3.8, 4) is 5.88 Å². The highest BCUT2D eigenvalue weighted by molar-refractivity contribution is 9.09. The first kappa shape index (κ1) is 12.2. The summed E-state index contributed by atoms with van der Waals surface area (Å²) in [5.41, 5.74) is -0.143. The second-order valence-electron chi connectivity index (χ2n) is 3.94. The van der Waals surface area contributed by atoms with Gasteiger partial charge in [-0.1, -0.05) is 34.1 Å². The lowest BCUT2D eigenvalue weighted by Gasteiger charge is -2.10. The highest BCUT2D eigenvalue weighted by Crippen LogP contribution is 2.22. The van der Waals surface area contributed by atoms with Crippen LogP contribution < -0.4 is 5.56 Å². The van der Waals surface area contributed by atoms with E-state index < -0.39 is 0 Å². The summed E-state index contributed by atoms with van der Waals surface area (Å²) < 4.78 is 1.44. The smallest absolute Gasteiger partial charge is 0.253 e. The molecule has 0 amide bonds. The number of aromatic nitrogens is 1. The molecule has 0 saturated heterocycles. The van der Waals surface area contributed by atoms with Gasteiger partial charge in [-0.2, -0.15) is 0 Å². The fourth-order valence-electron chi connectivity index (χ4n) is 1.87. The Bertz CT molecular complexity index is 577. The van der Waals surface area contributed by atoms with Crippen LogP contribution in [0.3, 0.4) is 0 Å². The van der Waals surface area contributed by atoms with Crippen molar-refractivity contribution in [2.24, 2.45) is 0 Å². The molecule has 0 radical (unpaired) electrons. The number of unbranched alkanes of at least 4 members (excludes halogenated alkanes) is 1. The summed E-state index contributed by atoms with van der Waals surface area (Å²) in [7, 11) is 0. The Morgan fingerprint density at radius 1 is 1.24 bits per heavy atom. The van der Waals surface area contributed by atoms with Crippen molar-refractivity contribution in [3.05, 3.63) is 40.7 Å². The largest absolute Gasteiger partial charge is 0.494 e. The molecular weight excluding hydrogens is 282 g/mol.